The number of amides is 3. The van der Waals surface area contributed by atoms with Gasteiger partial charge in [0.2, 0.25) is 5.91 Å². The molecule has 0 saturated heterocycles. The molecule has 0 saturated carbocycles. The molecule has 31 heavy (non-hydrogen) atoms. The standard InChI is InChI=1S/C23H21ClN4O3/c1-14-7-9-19(13-20(14)24)26-22(30)23(31)28-27-15(2)11-21(29)25-18-10-8-16-5-3-4-6-17(16)12-18/h3-10,12-13H,11H2,1-2H3,(H,25,29)(H,26,30)(H,28,31)/b27-15+. The van der Waals surface area contributed by atoms with Crippen molar-refractivity contribution in [3.63, 3.8) is 0 Å². The Bertz CT molecular complexity index is 1190. The second-order valence-electron chi connectivity index (χ2n) is 6.99. The van der Waals surface area contributed by atoms with E-state index in [0.717, 1.165) is 16.3 Å². The molecule has 8 heteroatoms. The van der Waals surface area contributed by atoms with E-state index in [-0.39, 0.29) is 12.3 Å². The van der Waals surface area contributed by atoms with E-state index in [2.05, 4.69) is 21.2 Å². The molecule has 0 aliphatic carbocycles. The summed E-state index contributed by atoms with van der Waals surface area (Å²) in [5, 5.41) is 11.6. The van der Waals surface area contributed by atoms with E-state index in [4.69, 9.17) is 11.6 Å². The van der Waals surface area contributed by atoms with E-state index in [1.807, 2.05) is 49.4 Å². The van der Waals surface area contributed by atoms with Crippen LogP contribution in [-0.4, -0.2) is 23.4 Å². The number of hydrogen-bond donors (Lipinski definition) is 3. The average molecular weight is 437 g/mol. The Hall–Kier alpha value is -3.71. The number of carbonyl (C=O) groups excluding carboxylic acids is 3. The van der Waals surface area contributed by atoms with Crippen LogP contribution >= 0.6 is 11.6 Å². The fraction of sp³-hybridized carbons (Fsp3) is 0.130. The van der Waals surface area contributed by atoms with Crippen LogP contribution in [0.3, 0.4) is 0 Å². The molecule has 7 nitrogen and oxygen atoms in total. The monoisotopic (exact) mass is 436 g/mol. The molecule has 0 heterocycles. The molecule has 0 aromatic heterocycles. The lowest BCUT2D eigenvalue weighted by Crippen LogP contribution is -2.33. The molecule has 0 spiro atoms. The molecule has 3 rings (SSSR count). The average Bonchev–Trinajstić information content (AvgIpc) is 2.74. The summed E-state index contributed by atoms with van der Waals surface area (Å²) in [4.78, 5) is 36.2. The van der Waals surface area contributed by atoms with Crippen molar-refractivity contribution in [1.29, 1.82) is 0 Å². The van der Waals surface area contributed by atoms with Gasteiger partial charge in [-0.05, 0) is 54.4 Å². The maximum absolute atomic E-state index is 12.2. The van der Waals surface area contributed by atoms with E-state index >= 15 is 0 Å². The minimum atomic E-state index is -0.953. The number of carbonyl (C=O) groups is 3. The molecule has 0 unspecified atom stereocenters. The maximum Gasteiger partial charge on any atom is 0.329 e. The highest BCUT2D eigenvalue weighted by Gasteiger charge is 2.14. The second kappa shape index (κ2) is 9.86. The van der Waals surface area contributed by atoms with Crippen LogP contribution in [-0.2, 0) is 14.4 Å². The van der Waals surface area contributed by atoms with Crippen molar-refractivity contribution in [1.82, 2.24) is 5.43 Å². The van der Waals surface area contributed by atoms with Gasteiger partial charge in [-0.1, -0.05) is 48.0 Å². The maximum atomic E-state index is 12.2. The molecule has 0 fully saturated rings. The van der Waals surface area contributed by atoms with Gasteiger partial charge in [-0.15, -0.1) is 0 Å². The Morgan fingerprint density at radius 3 is 2.29 bits per heavy atom. The number of hydrogen-bond acceptors (Lipinski definition) is 4. The van der Waals surface area contributed by atoms with E-state index in [1.54, 1.807) is 25.1 Å². The minimum Gasteiger partial charge on any atom is -0.326 e. The number of halogens is 1. The van der Waals surface area contributed by atoms with Crippen LogP contribution in [0.2, 0.25) is 5.02 Å². The molecule has 0 atom stereocenters. The molecular weight excluding hydrogens is 416 g/mol. The molecular formula is C23H21ClN4O3. The highest BCUT2D eigenvalue weighted by molar-refractivity contribution is 6.40. The van der Waals surface area contributed by atoms with Gasteiger partial charge in [0.1, 0.15) is 0 Å². The fourth-order valence-electron chi connectivity index (χ4n) is 2.80. The molecule has 0 bridgehead atoms. The fourth-order valence-corrected chi connectivity index (χ4v) is 2.98. The SMILES string of the molecule is C/C(CC(=O)Nc1ccc2ccccc2c1)=N\NC(=O)C(=O)Nc1ccc(C)c(Cl)c1. The minimum absolute atomic E-state index is 0.0394. The van der Waals surface area contributed by atoms with Crippen LogP contribution in [0.4, 0.5) is 11.4 Å². The van der Waals surface area contributed by atoms with Crippen LogP contribution in [0.25, 0.3) is 10.8 Å². The molecule has 3 aromatic carbocycles. The zero-order valence-corrected chi connectivity index (χ0v) is 17.8. The zero-order valence-electron chi connectivity index (χ0n) is 17.0. The number of aryl methyl sites for hydroxylation is 1. The van der Waals surface area contributed by atoms with Crippen molar-refractivity contribution in [2.24, 2.45) is 5.10 Å². The lowest BCUT2D eigenvalue weighted by atomic mass is 10.1. The van der Waals surface area contributed by atoms with E-state index in [1.165, 1.54) is 0 Å². The summed E-state index contributed by atoms with van der Waals surface area (Å²) >= 11 is 6.00. The van der Waals surface area contributed by atoms with E-state index in [0.29, 0.717) is 22.1 Å². The zero-order chi connectivity index (χ0) is 22.4. The summed E-state index contributed by atoms with van der Waals surface area (Å²) in [6.45, 7) is 3.41. The van der Waals surface area contributed by atoms with Gasteiger partial charge < -0.3 is 10.6 Å². The Balaban J connectivity index is 1.51. The highest BCUT2D eigenvalue weighted by atomic mass is 35.5. The molecule has 158 valence electrons. The van der Waals surface area contributed by atoms with Crippen LogP contribution in [0, 0.1) is 6.92 Å². The van der Waals surface area contributed by atoms with E-state index < -0.39 is 11.8 Å². The molecule has 3 amide bonds. The summed E-state index contributed by atoms with van der Waals surface area (Å²) in [7, 11) is 0. The van der Waals surface area contributed by atoms with Crippen LogP contribution < -0.4 is 16.1 Å². The van der Waals surface area contributed by atoms with Gasteiger partial charge in [0.05, 0.1) is 6.42 Å². The lowest BCUT2D eigenvalue weighted by molar-refractivity contribution is -0.136. The largest absolute Gasteiger partial charge is 0.329 e. The first-order valence-corrected chi connectivity index (χ1v) is 9.89. The summed E-state index contributed by atoms with van der Waals surface area (Å²) in [5.41, 5.74) is 4.40. The van der Waals surface area contributed by atoms with Crippen molar-refractivity contribution >= 4 is 57.2 Å². The third-order valence-corrected chi connectivity index (χ3v) is 4.84. The van der Waals surface area contributed by atoms with Crippen LogP contribution in [0.15, 0.2) is 65.8 Å². The first-order chi connectivity index (χ1) is 14.8. The van der Waals surface area contributed by atoms with Gasteiger partial charge in [0, 0.05) is 22.1 Å². The number of rotatable bonds is 5. The molecule has 3 N–H and O–H groups in total. The molecule has 0 aliphatic heterocycles. The first kappa shape index (κ1) is 22.0. The summed E-state index contributed by atoms with van der Waals surface area (Å²) < 4.78 is 0. The van der Waals surface area contributed by atoms with Crippen molar-refractivity contribution in [3.05, 3.63) is 71.2 Å². The van der Waals surface area contributed by atoms with Crippen LogP contribution in [0.5, 0.6) is 0 Å². The molecule has 3 aromatic rings. The van der Waals surface area contributed by atoms with Crippen LogP contribution in [0.1, 0.15) is 18.9 Å². The Kier molecular flexibility index (Phi) is 6.99. The lowest BCUT2D eigenvalue weighted by Gasteiger charge is -2.07. The van der Waals surface area contributed by atoms with Crippen molar-refractivity contribution < 1.29 is 14.4 Å². The molecule has 0 radical (unpaired) electrons. The number of benzene rings is 3. The topological polar surface area (TPSA) is 99.7 Å². The normalized spacial score (nSPS) is 11.1. The number of fused-ring (bicyclic) bond motifs is 1. The third kappa shape index (κ3) is 6.13. The highest BCUT2D eigenvalue weighted by Crippen LogP contribution is 2.20. The Morgan fingerprint density at radius 1 is 0.871 bits per heavy atom. The Labute approximate surface area is 184 Å². The van der Waals surface area contributed by atoms with Gasteiger partial charge in [-0.2, -0.15) is 5.10 Å². The predicted molar refractivity (Wildman–Crippen MR) is 123 cm³/mol. The quantitative estimate of drug-likeness (QED) is 0.316. The first-order valence-electron chi connectivity index (χ1n) is 9.51. The van der Waals surface area contributed by atoms with Crippen molar-refractivity contribution in [3.8, 4) is 0 Å². The summed E-state index contributed by atoms with van der Waals surface area (Å²) in [6, 6.07) is 18.4. The summed E-state index contributed by atoms with van der Waals surface area (Å²) in [6.07, 6.45) is -0.0394. The predicted octanol–water partition coefficient (Wildman–Crippen LogP) is 4.26. The van der Waals surface area contributed by atoms with Crippen molar-refractivity contribution in [2.75, 3.05) is 10.6 Å². The van der Waals surface area contributed by atoms with E-state index in [9.17, 15) is 14.4 Å². The number of hydrazone groups is 1. The smallest absolute Gasteiger partial charge is 0.326 e. The number of anilines is 2. The third-order valence-electron chi connectivity index (χ3n) is 4.43. The van der Waals surface area contributed by atoms with Gasteiger partial charge in [0.25, 0.3) is 0 Å². The van der Waals surface area contributed by atoms with Gasteiger partial charge >= 0.3 is 11.8 Å². The number of nitrogens with one attached hydrogen (secondary N) is 3. The van der Waals surface area contributed by atoms with Crippen molar-refractivity contribution in [2.45, 2.75) is 20.3 Å². The molecule has 0 aliphatic rings. The summed E-state index contributed by atoms with van der Waals surface area (Å²) in [5.74, 6) is -2.13. The second-order valence-corrected chi connectivity index (χ2v) is 7.40. The van der Waals surface area contributed by atoms with Gasteiger partial charge in [-0.25, -0.2) is 5.43 Å². The Morgan fingerprint density at radius 2 is 1.55 bits per heavy atom. The number of nitrogens with zero attached hydrogens (tertiary/aromatic N) is 1. The van der Waals surface area contributed by atoms with Gasteiger partial charge in [0.15, 0.2) is 0 Å². The van der Waals surface area contributed by atoms with Gasteiger partial charge in [-0.3, -0.25) is 14.4 Å².